The van der Waals surface area contributed by atoms with Crippen molar-refractivity contribution in [2.45, 2.75) is 18.4 Å². The lowest BCUT2D eigenvalue weighted by atomic mass is 9.90. The Bertz CT molecular complexity index is 552. The quantitative estimate of drug-likeness (QED) is 0.754. The molecule has 1 aromatic rings. The van der Waals surface area contributed by atoms with Crippen LogP contribution in [0.3, 0.4) is 0 Å². The number of piperazine rings is 1. The average Bonchev–Trinajstić information content (AvgIpc) is 2.50. The monoisotopic (exact) mass is 361 g/mol. The van der Waals surface area contributed by atoms with Gasteiger partial charge in [0.15, 0.2) is 0 Å². The van der Waals surface area contributed by atoms with E-state index < -0.39 is 5.60 Å². The zero-order chi connectivity index (χ0) is 15.6. The summed E-state index contributed by atoms with van der Waals surface area (Å²) in [7, 11) is 0. The van der Waals surface area contributed by atoms with E-state index in [4.69, 9.17) is 11.6 Å². The molecule has 0 bridgehead atoms. The Hall–Kier alpha value is -1.15. The number of carbonyl (C=O) groups is 1. The Morgan fingerprint density at radius 3 is 2.70 bits per heavy atom. The van der Waals surface area contributed by atoms with Gasteiger partial charge in [0.2, 0.25) is 5.91 Å². The fraction of sp³-hybridized carbons (Fsp3) is 0.643. The highest BCUT2D eigenvalue weighted by molar-refractivity contribution is 6.29. The highest BCUT2D eigenvalue weighted by Gasteiger charge is 2.36. The zero-order valence-corrected chi connectivity index (χ0v) is 14.3. The lowest BCUT2D eigenvalue weighted by Gasteiger charge is -2.42. The number of aromatic nitrogens is 2. The molecule has 0 aromatic carbocycles. The molecule has 0 radical (unpaired) electrons. The van der Waals surface area contributed by atoms with Gasteiger partial charge in [-0.25, -0.2) is 9.97 Å². The third-order valence-corrected chi connectivity index (χ3v) is 4.52. The predicted octanol–water partition coefficient (Wildman–Crippen LogP) is 0.315. The molecule has 7 nitrogen and oxygen atoms in total. The number of anilines is 1. The van der Waals surface area contributed by atoms with Gasteiger partial charge in [-0.3, -0.25) is 4.79 Å². The summed E-state index contributed by atoms with van der Waals surface area (Å²) in [6.45, 7) is 3.58. The maximum absolute atomic E-state index is 11.8. The van der Waals surface area contributed by atoms with E-state index in [9.17, 15) is 9.90 Å². The first-order valence-corrected chi connectivity index (χ1v) is 7.87. The lowest BCUT2D eigenvalue weighted by molar-refractivity contribution is -0.136. The Kier molecular flexibility index (Phi) is 6.02. The third-order valence-electron chi connectivity index (χ3n) is 4.31. The van der Waals surface area contributed by atoms with Crippen LogP contribution in [0, 0.1) is 0 Å². The van der Waals surface area contributed by atoms with Crippen LogP contribution < -0.4 is 10.2 Å². The Morgan fingerprint density at radius 1 is 1.30 bits per heavy atom. The smallest absolute Gasteiger partial charge is 0.236 e. The first-order valence-electron chi connectivity index (χ1n) is 7.49. The summed E-state index contributed by atoms with van der Waals surface area (Å²) in [5.41, 5.74) is -0.819. The van der Waals surface area contributed by atoms with Gasteiger partial charge in [-0.2, -0.15) is 0 Å². The van der Waals surface area contributed by atoms with Crippen molar-refractivity contribution in [1.29, 1.82) is 0 Å². The number of hydrogen-bond acceptors (Lipinski definition) is 6. The van der Waals surface area contributed by atoms with Crippen molar-refractivity contribution in [1.82, 2.24) is 20.2 Å². The van der Waals surface area contributed by atoms with Crippen molar-refractivity contribution < 1.29 is 9.90 Å². The number of halogens is 2. The fourth-order valence-corrected chi connectivity index (χ4v) is 3.12. The number of rotatable bonds is 3. The Balaban J connectivity index is 0.00000192. The standard InChI is InChI=1S/C14H20ClN5O2.ClH/c15-11-7-12(18-10-17-11)19-4-1-14(22,2-5-19)9-20-6-3-16-8-13(20)21;/h7,10,16,22H,1-6,8-9H2;1H. The minimum absolute atomic E-state index is 0. The van der Waals surface area contributed by atoms with Gasteiger partial charge in [0.05, 0.1) is 12.1 Å². The normalized spacial score (nSPS) is 21.0. The summed E-state index contributed by atoms with van der Waals surface area (Å²) < 4.78 is 0. The van der Waals surface area contributed by atoms with E-state index in [0.717, 1.165) is 12.4 Å². The highest BCUT2D eigenvalue weighted by Crippen LogP contribution is 2.27. The molecule has 2 aliphatic rings. The second kappa shape index (κ2) is 7.61. The molecule has 2 fully saturated rings. The van der Waals surface area contributed by atoms with Gasteiger partial charge >= 0.3 is 0 Å². The molecule has 1 amide bonds. The van der Waals surface area contributed by atoms with E-state index in [2.05, 4.69) is 20.2 Å². The number of nitrogens with one attached hydrogen (secondary N) is 1. The molecule has 128 valence electrons. The summed E-state index contributed by atoms with van der Waals surface area (Å²) >= 11 is 5.89. The van der Waals surface area contributed by atoms with E-state index in [-0.39, 0.29) is 18.3 Å². The summed E-state index contributed by atoms with van der Waals surface area (Å²) in [4.78, 5) is 23.8. The van der Waals surface area contributed by atoms with Crippen LogP contribution in [0.2, 0.25) is 5.15 Å². The number of carbonyl (C=O) groups excluding carboxylic acids is 1. The van der Waals surface area contributed by atoms with Crippen molar-refractivity contribution in [3.05, 3.63) is 17.5 Å². The molecule has 2 aliphatic heterocycles. The molecule has 2 N–H and O–H groups in total. The van der Waals surface area contributed by atoms with Gasteiger partial charge in [-0.1, -0.05) is 11.6 Å². The Labute approximate surface area is 146 Å². The van der Waals surface area contributed by atoms with Crippen LogP contribution in [0.15, 0.2) is 12.4 Å². The molecule has 3 heterocycles. The van der Waals surface area contributed by atoms with Crippen LogP contribution in [0.1, 0.15) is 12.8 Å². The first kappa shape index (κ1) is 18.2. The van der Waals surface area contributed by atoms with E-state index in [1.54, 1.807) is 11.0 Å². The fourth-order valence-electron chi connectivity index (χ4n) is 2.98. The van der Waals surface area contributed by atoms with Crippen LogP contribution in [0.5, 0.6) is 0 Å². The number of piperidine rings is 1. The SMILES string of the molecule is Cl.O=C1CNCCN1CC1(O)CCN(c2cc(Cl)ncn2)CC1. The van der Waals surface area contributed by atoms with E-state index >= 15 is 0 Å². The molecule has 0 spiro atoms. The van der Waals surface area contributed by atoms with E-state index in [1.165, 1.54) is 6.33 Å². The maximum Gasteiger partial charge on any atom is 0.236 e. The van der Waals surface area contributed by atoms with Crippen LogP contribution in [0.4, 0.5) is 5.82 Å². The zero-order valence-electron chi connectivity index (χ0n) is 12.7. The second-order valence-corrected chi connectivity index (χ2v) is 6.29. The molecular weight excluding hydrogens is 341 g/mol. The summed E-state index contributed by atoms with van der Waals surface area (Å²) in [6, 6.07) is 1.73. The number of amides is 1. The molecule has 0 unspecified atom stereocenters. The van der Waals surface area contributed by atoms with Gasteiger partial charge < -0.3 is 20.2 Å². The molecule has 0 saturated carbocycles. The second-order valence-electron chi connectivity index (χ2n) is 5.90. The lowest BCUT2D eigenvalue weighted by Crippen LogP contribution is -2.56. The van der Waals surface area contributed by atoms with Crippen molar-refractivity contribution in [3.63, 3.8) is 0 Å². The van der Waals surface area contributed by atoms with Gasteiger partial charge in [0.25, 0.3) is 0 Å². The third kappa shape index (κ3) is 4.44. The van der Waals surface area contributed by atoms with Crippen molar-refractivity contribution in [2.24, 2.45) is 0 Å². The maximum atomic E-state index is 11.8. The van der Waals surface area contributed by atoms with Gasteiger partial charge in [-0.15, -0.1) is 12.4 Å². The first-order chi connectivity index (χ1) is 10.6. The topological polar surface area (TPSA) is 81.6 Å². The number of aliphatic hydroxyl groups is 1. The largest absolute Gasteiger partial charge is 0.388 e. The minimum Gasteiger partial charge on any atom is -0.388 e. The summed E-state index contributed by atoms with van der Waals surface area (Å²) in [5.74, 6) is 0.838. The van der Waals surface area contributed by atoms with E-state index in [1.807, 2.05) is 0 Å². The van der Waals surface area contributed by atoms with Crippen LogP contribution >= 0.6 is 24.0 Å². The van der Waals surface area contributed by atoms with Gasteiger partial charge in [0, 0.05) is 38.8 Å². The number of β-amino-alcohol motifs (C(OH)–C–C–N with tert-alkyl or cyclic N) is 1. The Morgan fingerprint density at radius 2 is 2.04 bits per heavy atom. The molecular formula is C14H21Cl2N5O2. The summed E-state index contributed by atoms with van der Waals surface area (Å²) in [6.07, 6.45) is 2.65. The van der Waals surface area contributed by atoms with E-state index in [0.29, 0.717) is 50.7 Å². The number of hydrogen-bond donors (Lipinski definition) is 2. The van der Waals surface area contributed by atoms with Crippen LogP contribution in [-0.2, 0) is 4.79 Å². The molecule has 0 atom stereocenters. The average molecular weight is 362 g/mol. The van der Waals surface area contributed by atoms with Crippen LogP contribution in [-0.4, -0.2) is 70.8 Å². The molecule has 0 aliphatic carbocycles. The van der Waals surface area contributed by atoms with Crippen molar-refractivity contribution in [2.75, 3.05) is 44.2 Å². The van der Waals surface area contributed by atoms with Crippen molar-refractivity contribution >= 4 is 35.7 Å². The number of nitrogens with zero attached hydrogens (tertiary/aromatic N) is 4. The summed E-state index contributed by atoms with van der Waals surface area (Å²) in [5, 5.41) is 14.2. The molecule has 2 saturated heterocycles. The highest BCUT2D eigenvalue weighted by atomic mass is 35.5. The molecule has 3 rings (SSSR count). The predicted molar refractivity (Wildman–Crippen MR) is 90.1 cm³/mol. The minimum atomic E-state index is -0.819. The molecule has 1 aromatic heterocycles. The van der Waals surface area contributed by atoms with Gasteiger partial charge in [-0.05, 0) is 12.8 Å². The van der Waals surface area contributed by atoms with Crippen LogP contribution in [0.25, 0.3) is 0 Å². The van der Waals surface area contributed by atoms with Crippen molar-refractivity contribution in [3.8, 4) is 0 Å². The molecule has 9 heteroatoms. The molecule has 23 heavy (non-hydrogen) atoms. The van der Waals surface area contributed by atoms with Gasteiger partial charge in [0.1, 0.15) is 17.3 Å².